The van der Waals surface area contributed by atoms with Gasteiger partial charge < -0.3 is 9.80 Å². The van der Waals surface area contributed by atoms with Crippen LogP contribution in [0.4, 0.5) is 13.2 Å². The van der Waals surface area contributed by atoms with Crippen molar-refractivity contribution in [2.75, 3.05) is 33.2 Å². The fourth-order valence-electron chi connectivity index (χ4n) is 3.32. The zero-order valence-corrected chi connectivity index (χ0v) is 16.1. The van der Waals surface area contributed by atoms with Crippen LogP contribution in [-0.4, -0.2) is 63.5 Å². The van der Waals surface area contributed by atoms with E-state index in [1.54, 1.807) is 17.0 Å². The maximum Gasteiger partial charge on any atom is 0.433 e. The summed E-state index contributed by atoms with van der Waals surface area (Å²) in [6.07, 6.45) is -4.64. The molecule has 1 amide bonds. The third-order valence-corrected chi connectivity index (χ3v) is 5.07. The van der Waals surface area contributed by atoms with Crippen molar-refractivity contribution in [1.82, 2.24) is 24.4 Å². The van der Waals surface area contributed by atoms with Crippen molar-refractivity contribution < 1.29 is 18.0 Å². The Bertz CT molecular complexity index is 1050. The van der Waals surface area contributed by atoms with Crippen molar-refractivity contribution in [2.24, 2.45) is 0 Å². The topological polar surface area (TPSA) is 53.7 Å². The highest BCUT2D eigenvalue weighted by Crippen LogP contribution is 2.32. The highest BCUT2D eigenvalue weighted by molar-refractivity contribution is 5.93. The van der Waals surface area contributed by atoms with E-state index >= 15 is 0 Å². The molecule has 6 nitrogen and oxygen atoms in total. The molecule has 0 bridgehead atoms. The standard InChI is InChI=1S/C20H20F3N5O/c1-13-3-5-14(6-4-13)15-11-17(20(21,22)23)28-18(24-15)12-16(25-28)19(29)27-9-7-26(2)8-10-27/h3-6,11-12H,7-10H2,1-2H3. The largest absolute Gasteiger partial charge is 0.433 e. The molecule has 0 spiro atoms. The summed E-state index contributed by atoms with van der Waals surface area (Å²) in [4.78, 5) is 20.8. The molecule has 29 heavy (non-hydrogen) atoms. The fraction of sp³-hybridized carbons (Fsp3) is 0.350. The predicted octanol–water partition coefficient (Wildman–Crippen LogP) is 3.11. The van der Waals surface area contributed by atoms with Crippen LogP contribution in [0.1, 0.15) is 21.7 Å². The van der Waals surface area contributed by atoms with E-state index in [9.17, 15) is 18.0 Å². The molecule has 152 valence electrons. The van der Waals surface area contributed by atoms with Crippen LogP contribution in [0.3, 0.4) is 0 Å². The van der Waals surface area contributed by atoms with Crippen LogP contribution in [0.25, 0.3) is 16.9 Å². The highest BCUT2D eigenvalue weighted by atomic mass is 19.4. The summed E-state index contributed by atoms with van der Waals surface area (Å²) in [6.45, 7) is 4.34. The Kier molecular flexibility index (Phi) is 4.77. The average molecular weight is 403 g/mol. The number of hydrogen-bond donors (Lipinski definition) is 0. The minimum absolute atomic E-state index is 0.00659. The second-order valence-electron chi connectivity index (χ2n) is 7.29. The zero-order chi connectivity index (χ0) is 20.8. The number of carbonyl (C=O) groups excluding carboxylic acids is 1. The summed E-state index contributed by atoms with van der Waals surface area (Å²) >= 11 is 0. The second-order valence-corrected chi connectivity index (χ2v) is 7.29. The number of halogens is 3. The Balaban J connectivity index is 1.78. The van der Waals surface area contributed by atoms with Crippen LogP contribution in [0, 0.1) is 6.92 Å². The van der Waals surface area contributed by atoms with Gasteiger partial charge in [-0.2, -0.15) is 18.3 Å². The number of hydrogen-bond acceptors (Lipinski definition) is 4. The lowest BCUT2D eigenvalue weighted by molar-refractivity contribution is -0.142. The van der Waals surface area contributed by atoms with E-state index in [1.165, 1.54) is 6.07 Å². The van der Waals surface area contributed by atoms with Gasteiger partial charge in [0.2, 0.25) is 0 Å². The minimum Gasteiger partial charge on any atom is -0.335 e. The van der Waals surface area contributed by atoms with Crippen LogP contribution in [0.15, 0.2) is 36.4 Å². The van der Waals surface area contributed by atoms with Crippen LogP contribution in [-0.2, 0) is 6.18 Å². The van der Waals surface area contributed by atoms with Gasteiger partial charge in [0.15, 0.2) is 17.0 Å². The monoisotopic (exact) mass is 403 g/mol. The number of nitrogens with zero attached hydrogens (tertiary/aromatic N) is 5. The first-order valence-corrected chi connectivity index (χ1v) is 9.25. The zero-order valence-electron chi connectivity index (χ0n) is 16.1. The molecule has 3 heterocycles. The third-order valence-electron chi connectivity index (χ3n) is 5.07. The molecule has 0 saturated carbocycles. The Morgan fingerprint density at radius 1 is 1.03 bits per heavy atom. The van der Waals surface area contributed by atoms with Gasteiger partial charge in [0.1, 0.15) is 0 Å². The molecule has 9 heteroatoms. The van der Waals surface area contributed by atoms with E-state index in [4.69, 9.17) is 0 Å². The quantitative estimate of drug-likeness (QED) is 0.660. The van der Waals surface area contributed by atoms with Crippen molar-refractivity contribution in [2.45, 2.75) is 13.1 Å². The number of likely N-dealkylation sites (N-methyl/N-ethyl adjacent to an activating group) is 1. The first kappa shape index (κ1) is 19.4. The van der Waals surface area contributed by atoms with E-state index in [0.717, 1.165) is 11.6 Å². The van der Waals surface area contributed by atoms with E-state index in [-0.39, 0.29) is 22.9 Å². The number of aromatic nitrogens is 3. The molecule has 1 saturated heterocycles. The molecule has 2 aromatic heterocycles. The van der Waals surface area contributed by atoms with Crippen molar-refractivity contribution in [3.63, 3.8) is 0 Å². The predicted molar refractivity (Wildman–Crippen MR) is 102 cm³/mol. The number of carbonyl (C=O) groups is 1. The first-order valence-electron chi connectivity index (χ1n) is 9.25. The van der Waals surface area contributed by atoms with Crippen LogP contribution < -0.4 is 0 Å². The number of piperazine rings is 1. The normalized spacial score (nSPS) is 15.8. The molecule has 1 fully saturated rings. The van der Waals surface area contributed by atoms with Gasteiger partial charge in [-0.05, 0) is 20.0 Å². The Labute approximate surface area is 165 Å². The minimum atomic E-state index is -4.64. The molecule has 0 radical (unpaired) electrons. The SMILES string of the molecule is Cc1ccc(-c2cc(C(F)(F)F)n3nc(C(=O)N4CCN(C)CC4)cc3n2)cc1. The van der Waals surface area contributed by atoms with Crippen LogP contribution in [0.5, 0.6) is 0 Å². The number of rotatable bonds is 2. The molecule has 1 aliphatic heterocycles. The molecule has 1 aromatic carbocycles. The van der Waals surface area contributed by atoms with E-state index < -0.39 is 11.9 Å². The Hall–Kier alpha value is -2.94. The molecule has 1 aliphatic rings. The number of amides is 1. The van der Waals surface area contributed by atoms with Crippen LogP contribution in [0.2, 0.25) is 0 Å². The lowest BCUT2D eigenvalue weighted by Crippen LogP contribution is -2.47. The molecular formula is C20H20F3N5O. The van der Waals surface area contributed by atoms with Crippen molar-refractivity contribution in [3.05, 3.63) is 53.3 Å². The van der Waals surface area contributed by atoms with Gasteiger partial charge in [-0.15, -0.1) is 0 Å². The van der Waals surface area contributed by atoms with E-state index in [1.807, 2.05) is 26.1 Å². The van der Waals surface area contributed by atoms with Gasteiger partial charge in [-0.1, -0.05) is 29.8 Å². The van der Waals surface area contributed by atoms with E-state index in [2.05, 4.69) is 15.0 Å². The third kappa shape index (κ3) is 3.82. The smallest absolute Gasteiger partial charge is 0.335 e. The van der Waals surface area contributed by atoms with Gasteiger partial charge in [0, 0.05) is 37.8 Å². The summed E-state index contributed by atoms with van der Waals surface area (Å²) in [5.41, 5.74) is 0.743. The second kappa shape index (κ2) is 7.14. The van der Waals surface area contributed by atoms with Gasteiger partial charge in [0.05, 0.1) is 5.69 Å². The maximum absolute atomic E-state index is 13.7. The molecule has 0 atom stereocenters. The number of benzene rings is 1. The molecule has 4 rings (SSSR count). The summed E-state index contributed by atoms with van der Waals surface area (Å²) in [5.74, 6) is -0.381. The number of fused-ring (bicyclic) bond motifs is 1. The highest BCUT2D eigenvalue weighted by Gasteiger charge is 2.36. The van der Waals surface area contributed by atoms with Crippen molar-refractivity contribution >= 4 is 11.6 Å². The Morgan fingerprint density at radius 3 is 2.31 bits per heavy atom. The summed E-state index contributed by atoms with van der Waals surface area (Å²) in [7, 11) is 1.96. The first-order chi connectivity index (χ1) is 13.7. The molecule has 3 aromatic rings. The molecular weight excluding hydrogens is 383 g/mol. The van der Waals surface area contributed by atoms with E-state index in [0.29, 0.717) is 36.3 Å². The summed E-state index contributed by atoms with van der Waals surface area (Å²) in [5, 5.41) is 3.95. The van der Waals surface area contributed by atoms with Crippen LogP contribution >= 0.6 is 0 Å². The fourth-order valence-corrected chi connectivity index (χ4v) is 3.32. The van der Waals surface area contributed by atoms with Gasteiger partial charge in [-0.3, -0.25) is 4.79 Å². The summed E-state index contributed by atoms with van der Waals surface area (Å²) in [6, 6.07) is 9.37. The average Bonchev–Trinajstić information content (AvgIpc) is 3.11. The van der Waals surface area contributed by atoms with Gasteiger partial charge in [-0.25, -0.2) is 9.50 Å². The van der Waals surface area contributed by atoms with Crippen molar-refractivity contribution in [3.8, 4) is 11.3 Å². The molecule has 0 aliphatic carbocycles. The van der Waals surface area contributed by atoms with Crippen molar-refractivity contribution in [1.29, 1.82) is 0 Å². The lowest BCUT2D eigenvalue weighted by Gasteiger charge is -2.31. The molecule has 0 N–H and O–H groups in total. The van der Waals surface area contributed by atoms with Gasteiger partial charge in [0.25, 0.3) is 5.91 Å². The van der Waals surface area contributed by atoms with Gasteiger partial charge >= 0.3 is 6.18 Å². The maximum atomic E-state index is 13.7. The Morgan fingerprint density at radius 2 is 1.69 bits per heavy atom. The molecule has 0 unspecified atom stereocenters. The number of aryl methyl sites for hydroxylation is 1. The lowest BCUT2D eigenvalue weighted by atomic mass is 10.1. The number of alkyl halides is 3. The summed E-state index contributed by atoms with van der Waals surface area (Å²) < 4.78 is 41.8.